The average Bonchev–Trinajstić information content (AvgIpc) is 2.71. The summed E-state index contributed by atoms with van der Waals surface area (Å²) in [5.41, 5.74) is 6.86. The molecule has 4 heteroatoms. The van der Waals surface area contributed by atoms with Gasteiger partial charge in [0.1, 0.15) is 0 Å². The van der Waals surface area contributed by atoms with Gasteiger partial charge >= 0.3 is 0 Å². The van der Waals surface area contributed by atoms with Crippen molar-refractivity contribution in [1.82, 2.24) is 9.78 Å². The summed E-state index contributed by atoms with van der Waals surface area (Å²) in [6.45, 7) is 2.97. The number of hydrogen-bond acceptors (Lipinski definition) is 3. The largest absolute Gasteiger partial charge is 0.327 e. The molecule has 0 aromatic carbocycles. The molecule has 18 heavy (non-hydrogen) atoms. The molecule has 100 valence electrons. The van der Waals surface area contributed by atoms with E-state index >= 15 is 0 Å². The van der Waals surface area contributed by atoms with Gasteiger partial charge in [0, 0.05) is 24.7 Å². The number of hydrogen-bond donors (Lipinski definition) is 1. The van der Waals surface area contributed by atoms with E-state index in [9.17, 15) is 4.79 Å². The van der Waals surface area contributed by atoms with E-state index in [0.717, 1.165) is 44.2 Å². The maximum absolute atomic E-state index is 12.4. The first-order valence-corrected chi connectivity index (χ1v) is 7.04. The smallest absolute Gasteiger partial charge is 0.170 e. The van der Waals surface area contributed by atoms with Gasteiger partial charge in [-0.05, 0) is 19.3 Å². The minimum Gasteiger partial charge on any atom is -0.327 e. The van der Waals surface area contributed by atoms with Crippen LogP contribution in [0.3, 0.4) is 0 Å². The molecule has 1 saturated carbocycles. The van der Waals surface area contributed by atoms with Crippen LogP contribution in [-0.4, -0.2) is 21.6 Å². The van der Waals surface area contributed by atoms with Crippen LogP contribution in [0.1, 0.15) is 55.8 Å². The molecule has 1 aliphatic carbocycles. The second-order valence-corrected chi connectivity index (χ2v) is 5.26. The fourth-order valence-corrected chi connectivity index (χ4v) is 2.72. The highest BCUT2D eigenvalue weighted by Gasteiger charge is 2.28. The van der Waals surface area contributed by atoms with Gasteiger partial charge in [-0.15, -0.1) is 0 Å². The fraction of sp³-hybridized carbons (Fsp3) is 0.714. The molecule has 1 fully saturated rings. The Morgan fingerprint density at radius 1 is 1.44 bits per heavy atom. The normalized spacial score (nSPS) is 24.8. The third-order valence-corrected chi connectivity index (χ3v) is 3.78. The first-order valence-electron chi connectivity index (χ1n) is 7.04. The molecular weight excluding hydrogens is 226 g/mol. The summed E-state index contributed by atoms with van der Waals surface area (Å²) in [5.74, 6) is 0.179. The Labute approximate surface area is 109 Å². The van der Waals surface area contributed by atoms with Crippen LogP contribution in [0, 0.1) is 5.92 Å². The monoisotopic (exact) mass is 249 g/mol. The quantitative estimate of drug-likeness (QED) is 0.658. The highest BCUT2D eigenvalue weighted by atomic mass is 16.1. The van der Waals surface area contributed by atoms with Crippen LogP contribution in [0.5, 0.6) is 0 Å². The van der Waals surface area contributed by atoms with Gasteiger partial charge in [-0.2, -0.15) is 5.10 Å². The Morgan fingerprint density at radius 3 is 3.00 bits per heavy atom. The summed E-state index contributed by atoms with van der Waals surface area (Å²) in [7, 11) is 0. The summed E-state index contributed by atoms with van der Waals surface area (Å²) >= 11 is 0. The third-order valence-electron chi connectivity index (χ3n) is 3.78. The number of Topliss-reactive ketones (excluding diaryl/α,β-unsaturated/α-hetero) is 1. The van der Waals surface area contributed by atoms with E-state index in [1.165, 1.54) is 6.42 Å². The van der Waals surface area contributed by atoms with Crippen LogP contribution >= 0.6 is 0 Å². The van der Waals surface area contributed by atoms with E-state index in [1.807, 2.05) is 10.9 Å². The van der Waals surface area contributed by atoms with Gasteiger partial charge < -0.3 is 5.73 Å². The topological polar surface area (TPSA) is 60.9 Å². The Morgan fingerprint density at radius 2 is 2.22 bits per heavy atom. The van der Waals surface area contributed by atoms with Gasteiger partial charge in [0.25, 0.3) is 0 Å². The average molecular weight is 249 g/mol. The number of ketones is 1. The van der Waals surface area contributed by atoms with Crippen LogP contribution < -0.4 is 5.73 Å². The van der Waals surface area contributed by atoms with Gasteiger partial charge in [-0.1, -0.05) is 26.2 Å². The predicted molar refractivity (Wildman–Crippen MR) is 71.4 cm³/mol. The van der Waals surface area contributed by atoms with Crippen molar-refractivity contribution >= 4 is 5.78 Å². The Kier molecular flexibility index (Phi) is 4.53. The Hall–Kier alpha value is -1.16. The highest BCUT2D eigenvalue weighted by molar-refractivity contribution is 5.97. The third kappa shape index (κ3) is 2.99. The fourth-order valence-electron chi connectivity index (χ4n) is 2.72. The minimum atomic E-state index is -0.00761. The molecule has 1 aliphatic rings. The summed E-state index contributed by atoms with van der Waals surface area (Å²) in [6.07, 6.45) is 9.95. The zero-order chi connectivity index (χ0) is 13.0. The van der Waals surface area contributed by atoms with Crippen LogP contribution in [0.2, 0.25) is 0 Å². The van der Waals surface area contributed by atoms with Crippen LogP contribution in [0.25, 0.3) is 0 Å². The summed E-state index contributed by atoms with van der Waals surface area (Å²) in [5, 5.41) is 4.23. The molecule has 2 N–H and O–H groups in total. The number of nitrogens with zero attached hydrogens (tertiary/aromatic N) is 2. The lowest BCUT2D eigenvalue weighted by atomic mass is 9.89. The van der Waals surface area contributed by atoms with Gasteiger partial charge in [0.15, 0.2) is 5.78 Å². The molecule has 2 rings (SSSR count). The van der Waals surface area contributed by atoms with E-state index in [-0.39, 0.29) is 17.7 Å². The first-order chi connectivity index (χ1) is 8.72. The first kappa shape index (κ1) is 13.3. The lowest BCUT2D eigenvalue weighted by molar-refractivity contribution is 0.0894. The van der Waals surface area contributed by atoms with E-state index in [2.05, 4.69) is 12.0 Å². The summed E-state index contributed by atoms with van der Waals surface area (Å²) in [6, 6.07) is 0.0227. The second kappa shape index (κ2) is 6.14. The molecule has 2 atom stereocenters. The number of carbonyl (C=O) groups is 1. The van der Waals surface area contributed by atoms with Gasteiger partial charge in [0.05, 0.1) is 11.8 Å². The van der Waals surface area contributed by atoms with Crippen molar-refractivity contribution in [2.45, 2.75) is 58.0 Å². The van der Waals surface area contributed by atoms with E-state index < -0.39 is 0 Å². The van der Waals surface area contributed by atoms with Crippen molar-refractivity contribution in [3.63, 3.8) is 0 Å². The lowest BCUT2D eigenvalue weighted by Gasteiger charge is -2.19. The molecule has 2 unspecified atom stereocenters. The van der Waals surface area contributed by atoms with Gasteiger partial charge in [0.2, 0.25) is 0 Å². The molecule has 1 aromatic heterocycles. The van der Waals surface area contributed by atoms with E-state index in [1.54, 1.807) is 6.20 Å². The zero-order valence-corrected chi connectivity index (χ0v) is 11.1. The Bertz CT molecular complexity index is 399. The summed E-state index contributed by atoms with van der Waals surface area (Å²) in [4.78, 5) is 12.4. The molecule has 0 spiro atoms. The van der Waals surface area contributed by atoms with Crippen molar-refractivity contribution < 1.29 is 4.79 Å². The minimum absolute atomic E-state index is 0.00761. The molecule has 0 amide bonds. The molecule has 1 aromatic rings. The molecule has 0 aliphatic heterocycles. The van der Waals surface area contributed by atoms with Crippen molar-refractivity contribution in [3.8, 4) is 0 Å². The molecule has 1 heterocycles. The number of aromatic nitrogens is 2. The maximum atomic E-state index is 12.4. The zero-order valence-electron chi connectivity index (χ0n) is 11.1. The van der Waals surface area contributed by atoms with Crippen LogP contribution in [0.4, 0.5) is 0 Å². The number of rotatable bonds is 4. The predicted octanol–water partition coefficient (Wildman–Crippen LogP) is 2.38. The summed E-state index contributed by atoms with van der Waals surface area (Å²) < 4.78 is 1.84. The Balaban J connectivity index is 2.08. The van der Waals surface area contributed by atoms with Crippen molar-refractivity contribution in [2.24, 2.45) is 11.7 Å². The lowest BCUT2D eigenvalue weighted by Crippen LogP contribution is -2.34. The number of nitrogens with two attached hydrogens (primary N) is 1. The molecule has 0 bridgehead atoms. The van der Waals surface area contributed by atoms with Crippen molar-refractivity contribution in [3.05, 3.63) is 18.0 Å². The van der Waals surface area contributed by atoms with E-state index in [0.29, 0.717) is 0 Å². The number of aryl methyl sites for hydroxylation is 1. The van der Waals surface area contributed by atoms with Crippen molar-refractivity contribution in [2.75, 3.05) is 0 Å². The maximum Gasteiger partial charge on any atom is 0.170 e. The molecule has 0 radical (unpaired) electrons. The van der Waals surface area contributed by atoms with Crippen molar-refractivity contribution in [1.29, 1.82) is 0 Å². The SMILES string of the molecule is CCCn1cc(C(=O)C2CCCCCC2N)cn1. The highest BCUT2D eigenvalue weighted by Crippen LogP contribution is 2.25. The van der Waals surface area contributed by atoms with Crippen LogP contribution in [0.15, 0.2) is 12.4 Å². The number of carbonyl (C=O) groups excluding carboxylic acids is 1. The molecule has 4 nitrogen and oxygen atoms in total. The van der Waals surface area contributed by atoms with Gasteiger partial charge in [-0.25, -0.2) is 0 Å². The van der Waals surface area contributed by atoms with Gasteiger partial charge in [-0.3, -0.25) is 9.48 Å². The second-order valence-electron chi connectivity index (χ2n) is 5.26. The standard InChI is InChI=1S/C14H23N3O/c1-2-8-17-10-11(9-16-17)14(18)12-6-4-3-5-7-13(12)15/h9-10,12-13H,2-8,15H2,1H3. The van der Waals surface area contributed by atoms with E-state index in [4.69, 9.17) is 5.73 Å². The molecule has 0 saturated heterocycles. The molecular formula is C14H23N3O. The van der Waals surface area contributed by atoms with Crippen LogP contribution in [-0.2, 0) is 6.54 Å².